The van der Waals surface area contributed by atoms with Crippen LogP contribution in [0.25, 0.3) is 0 Å². The van der Waals surface area contributed by atoms with Gasteiger partial charge in [0.05, 0.1) is 18.6 Å². The first-order valence-electron chi connectivity index (χ1n) is 4.09. The van der Waals surface area contributed by atoms with E-state index in [9.17, 15) is 4.79 Å². The maximum absolute atomic E-state index is 11.0. The van der Waals surface area contributed by atoms with Crippen LogP contribution in [0.15, 0.2) is 0 Å². The lowest BCUT2D eigenvalue weighted by Crippen LogP contribution is -2.23. The van der Waals surface area contributed by atoms with Crippen LogP contribution < -0.4 is 5.32 Å². The molecule has 1 fully saturated rings. The Morgan fingerprint density at radius 2 is 2.45 bits per heavy atom. The van der Waals surface area contributed by atoms with Gasteiger partial charge >= 0.3 is 0 Å². The Morgan fingerprint density at radius 3 is 2.91 bits per heavy atom. The Balaban J connectivity index is 2.20. The molecule has 1 aliphatic heterocycles. The Kier molecular flexibility index (Phi) is 2.88. The van der Waals surface area contributed by atoms with Crippen molar-refractivity contribution in [2.75, 3.05) is 13.2 Å². The van der Waals surface area contributed by atoms with Crippen molar-refractivity contribution in [2.24, 2.45) is 5.92 Å². The van der Waals surface area contributed by atoms with Gasteiger partial charge in [0.15, 0.2) is 0 Å². The number of carbonyl (C=O) groups is 1. The van der Waals surface area contributed by atoms with Crippen LogP contribution in [0, 0.1) is 5.92 Å². The normalized spacial score (nSPS) is 24.3. The highest BCUT2D eigenvalue weighted by Crippen LogP contribution is 2.10. The third-order valence-corrected chi connectivity index (χ3v) is 1.79. The van der Waals surface area contributed by atoms with E-state index in [1.165, 1.54) is 0 Å². The largest absolute Gasteiger partial charge is 0.378 e. The second-order valence-corrected chi connectivity index (χ2v) is 3.16. The summed E-state index contributed by atoms with van der Waals surface area (Å²) in [6.45, 7) is 5.34. The minimum atomic E-state index is 0.0948. The Morgan fingerprint density at radius 1 is 1.73 bits per heavy atom. The quantitative estimate of drug-likeness (QED) is 0.649. The van der Waals surface area contributed by atoms with Gasteiger partial charge in [-0.05, 0) is 20.3 Å². The van der Waals surface area contributed by atoms with Crippen LogP contribution in [0.3, 0.4) is 0 Å². The average Bonchev–Trinajstić information content (AvgIpc) is 2.31. The zero-order valence-corrected chi connectivity index (χ0v) is 7.09. The summed E-state index contributed by atoms with van der Waals surface area (Å²) in [4.78, 5) is 11.0. The van der Waals surface area contributed by atoms with Gasteiger partial charge in [-0.3, -0.25) is 4.79 Å². The fourth-order valence-corrected chi connectivity index (χ4v) is 1.11. The number of rotatable bonds is 3. The van der Waals surface area contributed by atoms with E-state index in [-0.39, 0.29) is 17.9 Å². The predicted octanol–water partition coefficient (Wildman–Crippen LogP) is 0.547. The number of hydrogen-bond acceptors (Lipinski definition) is 2. The summed E-state index contributed by atoms with van der Waals surface area (Å²) in [5.74, 6) is 0.239. The molecule has 1 amide bonds. The van der Waals surface area contributed by atoms with E-state index in [0.717, 1.165) is 13.0 Å². The summed E-state index contributed by atoms with van der Waals surface area (Å²) in [6.07, 6.45) is 1.15. The third kappa shape index (κ3) is 2.50. The smallest absolute Gasteiger partial charge is 0.225 e. The SMILES string of the molecule is CC(C)OCC1CCNC1=O. The molecule has 64 valence electrons. The fourth-order valence-electron chi connectivity index (χ4n) is 1.11. The van der Waals surface area contributed by atoms with Crippen molar-refractivity contribution in [3.8, 4) is 0 Å². The molecule has 1 heterocycles. The van der Waals surface area contributed by atoms with Crippen molar-refractivity contribution in [1.29, 1.82) is 0 Å². The van der Waals surface area contributed by atoms with Gasteiger partial charge in [-0.25, -0.2) is 0 Å². The Hall–Kier alpha value is -0.570. The molecule has 1 saturated heterocycles. The minimum absolute atomic E-state index is 0.0948. The highest BCUT2D eigenvalue weighted by atomic mass is 16.5. The molecule has 1 atom stereocenters. The van der Waals surface area contributed by atoms with Crippen LogP contribution in [0.1, 0.15) is 20.3 Å². The van der Waals surface area contributed by atoms with Gasteiger partial charge in [0.1, 0.15) is 0 Å². The number of amides is 1. The number of nitrogens with one attached hydrogen (secondary N) is 1. The molecular weight excluding hydrogens is 142 g/mol. The molecule has 0 aromatic rings. The summed E-state index contributed by atoms with van der Waals surface area (Å²) in [6, 6.07) is 0. The molecule has 3 nitrogen and oxygen atoms in total. The molecule has 1 unspecified atom stereocenters. The lowest BCUT2D eigenvalue weighted by Gasteiger charge is -2.10. The van der Waals surface area contributed by atoms with Gasteiger partial charge < -0.3 is 10.1 Å². The van der Waals surface area contributed by atoms with E-state index in [2.05, 4.69) is 5.32 Å². The zero-order valence-electron chi connectivity index (χ0n) is 7.09. The summed E-state index contributed by atoms with van der Waals surface area (Å²) in [5, 5.41) is 2.77. The Labute approximate surface area is 67.1 Å². The number of carbonyl (C=O) groups excluding carboxylic acids is 1. The Bertz CT molecular complexity index is 145. The van der Waals surface area contributed by atoms with Crippen molar-refractivity contribution < 1.29 is 9.53 Å². The van der Waals surface area contributed by atoms with Crippen LogP contribution in [-0.4, -0.2) is 25.2 Å². The van der Waals surface area contributed by atoms with Crippen LogP contribution >= 0.6 is 0 Å². The van der Waals surface area contributed by atoms with Crippen molar-refractivity contribution in [1.82, 2.24) is 5.32 Å². The van der Waals surface area contributed by atoms with Crippen molar-refractivity contribution in [2.45, 2.75) is 26.4 Å². The van der Waals surface area contributed by atoms with Crippen molar-refractivity contribution in [3.05, 3.63) is 0 Å². The first-order chi connectivity index (χ1) is 5.20. The first-order valence-corrected chi connectivity index (χ1v) is 4.09. The van der Waals surface area contributed by atoms with Gasteiger partial charge in [0, 0.05) is 6.54 Å². The van der Waals surface area contributed by atoms with E-state index >= 15 is 0 Å². The molecule has 1 aliphatic rings. The molecule has 0 radical (unpaired) electrons. The summed E-state index contributed by atoms with van der Waals surface area (Å²) < 4.78 is 5.34. The van der Waals surface area contributed by atoms with E-state index in [1.807, 2.05) is 13.8 Å². The van der Waals surface area contributed by atoms with E-state index in [4.69, 9.17) is 4.74 Å². The zero-order chi connectivity index (χ0) is 8.27. The second kappa shape index (κ2) is 3.72. The minimum Gasteiger partial charge on any atom is -0.378 e. The van der Waals surface area contributed by atoms with Gasteiger partial charge in [-0.1, -0.05) is 0 Å². The van der Waals surface area contributed by atoms with Gasteiger partial charge in [0.2, 0.25) is 5.91 Å². The summed E-state index contributed by atoms with van der Waals surface area (Å²) >= 11 is 0. The monoisotopic (exact) mass is 157 g/mol. The van der Waals surface area contributed by atoms with Crippen molar-refractivity contribution in [3.63, 3.8) is 0 Å². The van der Waals surface area contributed by atoms with Crippen LogP contribution in [0.2, 0.25) is 0 Å². The van der Waals surface area contributed by atoms with Crippen LogP contribution in [0.5, 0.6) is 0 Å². The topological polar surface area (TPSA) is 38.3 Å². The van der Waals surface area contributed by atoms with Gasteiger partial charge in [0.25, 0.3) is 0 Å². The van der Waals surface area contributed by atoms with Gasteiger partial charge in [-0.15, -0.1) is 0 Å². The van der Waals surface area contributed by atoms with Crippen molar-refractivity contribution >= 4 is 5.91 Å². The predicted molar refractivity (Wildman–Crippen MR) is 42.2 cm³/mol. The molecule has 0 bridgehead atoms. The first kappa shape index (κ1) is 8.53. The second-order valence-electron chi connectivity index (χ2n) is 3.16. The molecule has 0 aromatic carbocycles. The molecule has 11 heavy (non-hydrogen) atoms. The molecule has 3 heteroatoms. The highest BCUT2D eigenvalue weighted by Gasteiger charge is 2.23. The number of ether oxygens (including phenoxy) is 1. The standard InChI is InChI=1S/C8H15NO2/c1-6(2)11-5-7-3-4-9-8(7)10/h6-7H,3-5H2,1-2H3,(H,9,10). The molecule has 0 aromatic heterocycles. The third-order valence-electron chi connectivity index (χ3n) is 1.79. The van der Waals surface area contributed by atoms with Crippen LogP contribution in [-0.2, 0) is 9.53 Å². The van der Waals surface area contributed by atoms with E-state index in [1.54, 1.807) is 0 Å². The lowest BCUT2D eigenvalue weighted by atomic mass is 10.1. The average molecular weight is 157 g/mol. The van der Waals surface area contributed by atoms with Gasteiger partial charge in [-0.2, -0.15) is 0 Å². The molecule has 1 rings (SSSR count). The number of hydrogen-bond donors (Lipinski definition) is 1. The van der Waals surface area contributed by atoms with E-state index < -0.39 is 0 Å². The van der Waals surface area contributed by atoms with Crippen LogP contribution in [0.4, 0.5) is 0 Å². The lowest BCUT2D eigenvalue weighted by molar-refractivity contribution is -0.124. The summed E-state index contributed by atoms with van der Waals surface area (Å²) in [5.41, 5.74) is 0. The van der Waals surface area contributed by atoms with E-state index in [0.29, 0.717) is 6.61 Å². The fraction of sp³-hybridized carbons (Fsp3) is 0.875. The molecule has 0 spiro atoms. The maximum atomic E-state index is 11.0. The molecular formula is C8H15NO2. The highest BCUT2D eigenvalue weighted by molar-refractivity contribution is 5.80. The molecule has 0 saturated carbocycles. The maximum Gasteiger partial charge on any atom is 0.225 e. The summed E-state index contributed by atoms with van der Waals surface area (Å²) in [7, 11) is 0. The molecule has 1 N–H and O–H groups in total. The molecule has 0 aliphatic carbocycles.